The molecule has 2 rings (SSSR count). The molecule has 23 heavy (non-hydrogen) atoms. The Hall–Kier alpha value is -2.35. The number of nitro groups is 1. The van der Waals surface area contributed by atoms with Crippen molar-refractivity contribution in [3.05, 3.63) is 27.8 Å². The number of nitrogens with one attached hydrogen (secondary N) is 1. The minimum atomic E-state index is -0.621. The Morgan fingerprint density at radius 1 is 1.39 bits per heavy atom. The van der Waals surface area contributed by atoms with Crippen LogP contribution in [0.5, 0.6) is 11.5 Å². The molecule has 1 aromatic rings. The molecule has 0 unspecified atom stereocenters. The molecule has 0 atom stereocenters. The van der Waals surface area contributed by atoms with E-state index in [1.54, 1.807) is 0 Å². The summed E-state index contributed by atoms with van der Waals surface area (Å²) in [5, 5.41) is 28.5. The van der Waals surface area contributed by atoms with Crippen molar-refractivity contribution in [3.63, 3.8) is 0 Å². The summed E-state index contributed by atoms with van der Waals surface area (Å²) >= 11 is 0. The van der Waals surface area contributed by atoms with Crippen LogP contribution in [-0.4, -0.2) is 47.0 Å². The van der Waals surface area contributed by atoms with E-state index in [1.165, 1.54) is 31.4 Å². The molecule has 1 aromatic carbocycles. The van der Waals surface area contributed by atoms with Gasteiger partial charge >= 0.3 is 5.69 Å². The number of rotatable bonds is 7. The van der Waals surface area contributed by atoms with Crippen LogP contribution in [0.15, 0.2) is 12.1 Å². The Balaban J connectivity index is 2.00. The van der Waals surface area contributed by atoms with Gasteiger partial charge in [-0.2, -0.15) is 0 Å². The van der Waals surface area contributed by atoms with Gasteiger partial charge in [0, 0.05) is 12.6 Å². The second-order valence-corrected chi connectivity index (χ2v) is 5.59. The fourth-order valence-corrected chi connectivity index (χ4v) is 2.71. The Kier molecular flexibility index (Phi) is 5.75. The summed E-state index contributed by atoms with van der Waals surface area (Å²) in [5.74, 6) is -1.04. The van der Waals surface area contributed by atoms with Crippen molar-refractivity contribution in [2.24, 2.45) is 5.73 Å². The number of hydrogen-bond donors (Lipinski definition) is 3. The number of phenolic OH excluding ortho intramolecular Hbond substituents is 1. The highest BCUT2D eigenvalue weighted by molar-refractivity contribution is 5.99. The predicted octanol–water partition coefficient (Wildman–Crippen LogP) is 1.84. The van der Waals surface area contributed by atoms with Gasteiger partial charge in [-0.1, -0.05) is 6.42 Å². The van der Waals surface area contributed by atoms with E-state index in [0.717, 1.165) is 19.6 Å². The van der Waals surface area contributed by atoms with Crippen LogP contribution in [0.25, 0.3) is 0 Å². The van der Waals surface area contributed by atoms with Crippen LogP contribution >= 0.6 is 0 Å². The number of amidine groups is 1. The molecule has 1 aliphatic rings. The lowest BCUT2D eigenvalue weighted by atomic mass is 10.1. The Bertz CT molecular complexity index is 585. The van der Waals surface area contributed by atoms with E-state index >= 15 is 0 Å². The molecule has 126 valence electrons. The molecule has 1 aliphatic heterocycles. The van der Waals surface area contributed by atoms with Crippen LogP contribution in [-0.2, 0) is 0 Å². The Morgan fingerprint density at radius 2 is 2.09 bits per heavy atom. The maximum atomic E-state index is 11.1. The molecule has 1 fully saturated rings. The van der Waals surface area contributed by atoms with Gasteiger partial charge in [0.15, 0.2) is 5.75 Å². The molecule has 0 amide bonds. The monoisotopic (exact) mass is 322 g/mol. The average molecular weight is 322 g/mol. The molecule has 1 heterocycles. The summed E-state index contributed by atoms with van der Waals surface area (Å²) < 4.78 is 5.44. The van der Waals surface area contributed by atoms with E-state index in [-0.39, 0.29) is 29.4 Å². The third kappa shape index (κ3) is 4.32. The number of nitrogen functional groups attached to an aromatic ring is 1. The molecule has 8 nitrogen and oxygen atoms in total. The van der Waals surface area contributed by atoms with Gasteiger partial charge in [-0.3, -0.25) is 15.5 Å². The van der Waals surface area contributed by atoms with Crippen molar-refractivity contribution in [1.29, 1.82) is 5.41 Å². The highest BCUT2D eigenvalue weighted by Crippen LogP contribution is 2.38. The van der Waals surface area contributed by atoms with Crippen molar-refractivity contribution >= 4 is 11.5 Å². The van der Waals surface area contributed by atoms with E-state index in [2.05, 4.69) is 4.90 Å². The number of aromatic hydroxyl groups is 1. The van der Waals surface area contributed by atoms with Crippen LogP contribution in [0.1, 0.15) is 31.2 Å². The van der Waals surface area contributed by atoms with E-state index < -0.39 is 10.7 Å². The molecule has 1 saturated heterocycles. The van der Waals surface area contributed by atoms with Gasteiger partial charge in [0.25, 0.3) is 0 Å². The van der Waals surface area contributed by atoms with Crippen LogP contribution in [0.2, 0.25) is 0 Å². The number of piperidine rings is 1. The number of nitrogens with two attached hydrogens (primary N) is 1. The molecule has 0 radical (unpaired) electrons. The third-order valence-electron chi connectivity index (χ3n) is 3.91. The molecule has 0 saturated carbocycles. The largest absolute Gasteiger partial charge is 0.504 e. The first-order valence-electron chi connectivity index (χ1n) is 7.70. The van der Waals surface area contributed by atoms with Gasteiger partial charge < -0.3 is 20.5 Å². The average Bonchev–Trinajstić information content (AvgIpc) is 2.53. The fraction of sp³-hybridized carbons (Fsp3) is 0.533. The summed E-state index contributed by atoms with van der Waals surface area (Å²) in [6.45, 7) is 3.27. The fourth-order valence-electron chi connectivity index (χ4n) is 2.71. The summed E-state index contributed by atoms with van der Waals surface area (Å²) in [4.78, 5) is 12.8. The maximum Gasteiger partial charge on any atom is 0.314 e. The van der Waals surface area contributed by atoms with Crippen LogP contribution in [0.4, 0.5) is 5.69 Å². The normalized spacial score (nSPS) is 15.3. The van der Waals surface area contributed by atoms with Gasteiger partial charge in [-0.15, -0.1) is 0 Å². The minimum absolute atomic E-state index is 0.0293. The second kappa shape index (κ2) is 7.77. The van der Waals surface area contributed by atoms with E-state index in [0.29, 0.717) is 6.42 Å². The zero-order valence-electron chi connectivity index (χ0n) is 13.0. The van der Waals surface area contributed by atoms with Gasteiger partial charge in [-0.25, -0.2) is 0 Å². The van der Waals surface area contributed by atoms with Crippen molar-refractivity contribution in [2.75, 3.05) is 26.2 Å². The molecule has 0 spiro atoms. The van der Waals surface area contributed by atoms with Crippen molar-refractivity contribution in [2.45, 2.75) is 25.7 Å². The zero-order valence-corrected chi connectivity index (χ0v) is 13.0. The molecule has 4 N–H and O–H groups in total. The molecule has 0 aliphatic carbocycles. The highest BCUT2D eigenvalue weighted by Gasteiger charge is 2.23. The second-order valence-electron chi connectivity index (χ2n) is 5.59. The summed E-state index contributed by atoms with van der Waals surface area (Å²) in [6.07, 6.45) is 4.38. The van der Waals surface area contributed by atoms with Gasteiger partial charge in [-0.05, 0) is 38.4 Å². The number of nitrogens with zero attached hydrogens (tertiary/aromatic N) is 2. The SMILES string of the molecule is N=C(N)c1ccc([N+](=O)[O-])c(OCCCN2CCCCC2)c1O. The lowest BCUT2D eigenvalue weighted by Gasteiger charge is -2.26. The molecule has 0 aromatic heterocycles. The number of phenols is 1. The van der Waals surface area contributed by atoms with Crippen molar-refractivity contribution in [3.8, 4) is 11.5 Å². The third-order valence-corrected chi connectivity index (χ3v) is 3.91. The van der Waals surface area contributed by atoms with Gasteiger partial charge in [0.1, 0.15) is 5.84 Å². The predicted molar refractivity (Wildman–Crippen MR) is 86.2 cm³/mol. The van der Waals surface area contributed by atoms with Crippen LogP contribution in [0, 0.1) is 15.5 Å². The summed E-state index contributed by atoms with van der Waals surface area (Å²) in [5.41, 5.74) is 5.05. The van der Waals surface area contributed by atoms with E-state index in [1.807, 2.05) is 0 Å². The Labute approximate surface area is 134 Å². The molecule has 0 bridgehead atoms. The first kappa shape index (κ1) is 17.0. The first-order valence-corrected chi connectivity index (χ1v) is 7.70. The number of likely N-dealkylation sites (tertiary alicyclic amines) is 1. The lowest BCUT2D eigenvalue weighted by molar-refractivity contribution is -0.386. The van der Waals surface area contributed by atoms with E-state index in [4.69, 9.17) is 15.9 Å². The van der Waals surface area contributed by atoms with Crippen LogP contribution in [0.3, 0.4) is 0 Å². The lowest BCUT2D eigenvalue weighted by Crippen LogP contribution is -2.31. The smallest absolute Gasteiger partial charge is 0.314 e. The van der Waals surface area contributed by atoms with Crippen molar-refractivity contribution in [1.82, 2.24) is 4.90 Å². The zero-order chi connectivity index (χ0) is 16.8. The van der Waals surface area contributed by atoms with Gasteiger partial charge in [0.05, 0.1) is 17.1 Å². The molecule has 8 heteroatoms. The molecular weight excluding hydrogens is 300 g/mol. The standard InChI is InChI=1S/C15H22N4O4/c16-15(17)11-5-6-12(19(21)22)14(13(11)20)23-10-4-9-18-7-2-1-3-8-18/h5-6,20H,1-4,7-10H2,(H3,16,17). The topological polar surface area (TPSA) is 126 Å². The number of nitro benzene ring substituents is 1. The first-order chi connectivity index (χ1) is 11.0. The highest BCUT2D eigenvalue weighted by atomic mass is 16.6. The number of hydrogen-bond acceptors (Lipinski definition) is 6. The quantitative estimate of drug-likeness (QED) is 0.231. The van der Waals surface area contributed by atoms with Crippen LogP contribution < -0.4 is 10.5 Å². The number of benzene rings is 1. The Morgan fingerprint density at radius 3 is 2.70 bits per heavy atom. The van der Waals surface area contributed by atoms with Gasteiger partial charge in [0.2, 0.25) is 5.75 Å². The maximum absolute atomic E-state index is 11.1. The summed E-state index contributed by atoms with van der Waals surface area (Å²) in [6, 6.07) is 2.44. The van der Waals surface area contributed by atoms with Crippen molar-refractivity contribution < 1.29 is 14.8 Å². The number of ether oxygens (including phenoxy) is 1. The minimum Gasteiger partial charge on any atom is -0.504 e. The summed E-state index contributed by atoms with van der Waals surface area (Å²) in [7, 11) is 0. The molecular formula is C15H22N4O4. The van der Waals surface area contributed by atoms with E-state index in [9.17, 15) is 15.2 Å².